The zero-order valence-electron chi connectivity index (χ0n) is 6.44. The standard InChI is InChI=1S/C8H14FN/c1-10-5-4-8(2-3-8)7(9)6-10/h7H,2-6H2,1H3/t7-/m0/s1. The lowest BCUT2D eigenvalue weighted by Crippen LogP contribution is -2.40. The summed E-state index contributed by atoms with van der Waals surface area (Å²) >= 11 is 0. The van der Waals surface area contributed by atoms with Crippen molar-refractivity contribution in [3.63, 3.8) is 0 Å². The molecule has 0 radical (unpaired) electrons. The van der Waals surface area contributed by atoms with Crippen LogP contribution in [-0.2, 0) is 0 Å². The Kier molecular flexibility index (Phi) is 1.28. The van der Waals surface area contributed by atoms with Crippen molar-refractivity contribution in [2.45, 2.75) is 25.4 Å². The van der Waals surface area contributed by atoms with Gasteiger partial charge >= 0.3 is 0 Å². The SMILES string of the molecule is CN1CCC2(CC2)[C@@H](F)C1. The summed E-state index contributed by atoms with van der Waals surface area (Å²) in [4.78, 5) is 2.09. The number of hydrogen-bond donors (Lipinski definition) is 0. The average Bonchev–Trinajstić information content (AvgIpc) is 2.62. The molecule has 0 amide bonds. The maximum Gasteiger partial charge on any atom is 0.118 e. The molecule has 1 atom stereocenters. The van der Waals surface area contributed by atoms with E-state index in [-0.39, 0.29) is 5.41 Å². The fourth-order valence-corrected chi connectivity index (χ4v) is 1.85. The molecule has 0 aromatic rings. The van der Waals surface area contributed by atoms with Crippen molar-refractivity contribution < 1.29 is 4.39 Å². The van der Waals surface area contributed by atoms with Gasteiger partial charge in [-0.2, -0.15) is 0 Å². The van der Waals surface area contributed by atoms with Crippen molar-refractivity contribution in [1.29, 1.82) is 0 Å². The molecule has 2 heteroatoms. The topological polar surface area (TPSA) is 3.24 Å². The molecule has 0 bridgehead atoms. The van der Waals surface area contributed by atoms with E-state index in [2.05, 4.69) is 4.90 Å². The lowest BCUT2D eigenvalue weighted by atomic mass is 9.92. The first kappa shape index (κ1) is 6.59. The molecule has 0 unspecified atom stereocenters. The van der Waals surface area contributed by atoms with Crippen LogP contribution in [0.3, 0.4) is 0 Å². The van der Waals surface area contributed by atoms with Crippen LogP contribution < -0.4 is 0 Å². The summed E-state index contributed by atoms with van der Waals surface area (Å²) in [5, 5.41) is 0. The molecule has 2 aliphatic rings. The van der Waals surface area contributed by atoms with E-state index in [4.69, 9.17) is 0 Å². The van der Waals surface area contributed by atoms with Gasteiger partial charge in [-0.25, -0.2) is 4.39 Å². The Bertz CT molecular complexity index is 142. The second-order valence-corrected chi connectivity index (χ2v) is 3.84. The van der Waals surface area contributed by atoms with Gasteiger partial charge in [-0.3, -0.25) is 0 Å². The molecule has 0 N–H and O–H groups in total. The van der Waals surface area contributed by atoms with Crippen LogP contribution in [0.25, 0.3) is 0 Å². The fourth-order valence-electron chi connectivity index (χ4n) is 1.85. The molecule has 2 fully saturated rings. The maximum atomic E-state index is 13.2. The van der Waals surface area contributed by atoms with Gasteiger partial charge in [-0.1, -0.05) is 0 Å². The summed E-state index contributed by atoms with van der Waals surface area (Å²) in [6, 6.07) is 0. The zero-order chi connectivity index (χ0) is 7.19. The van der Waals surface area contributed by atoms with Crippen LogP contribution >= 0.6 is 0 Å². The Balaban J connectivity index is 2.01. The maximum absolute atomic E-state index is 13.2. The molecule has 1 saturated heterocycles. The van der Waals surface area contributed by atoms with Crippen LogP contribution in [0.4, 0.5) is 4.39 Å². The quantitative estimate of drug-likeness (QED) is 0.496. The van der Waals surface area contributed by atoms with Gasteiger partial charge in [0.1, 0.15) is 6.17 Å². The smallest absolute Gasteiger partial charge is 0.118 e. The fraction of sp³-hybridized carbons (Fsp3) is 1.00. The van der Waals surface area contributed by atoms with Crippen LogP contribution in [0.1, 0.15) is 19.3 Å². The summed E-state index contributed by atoms with van der Waals surface area (Å²) in [6.07, 6.45) is 2.83. The second kappa shape index (κ2) is 1.94. The monoisotopic (exact) mass is 143 g/mol. The van der Waals surface area contributed by atoms with Crippen LogP contribution in [0.15, 0.2) is 0 Å². The molecule has 1 aliphatic carbocycles. The number of halogens is 1. The molecular weight excluding hydrogens is 129 g/mol. The van der Waals surface area contributed by atoms with Crippen molar-refractivity contribution in [1.82, 2.24) is 4.90 Å². The van der Waals surface area contributed by atoms with Crippen molar-refractivity contribution in [3.05, 3.63) is 0 Å². The summed E-state index contributed by atoms with van der Waals surface area (Å²) in [6.45, 7) is 1.76. The first-order chi connectivity index (χ1) is 4.73. The van der Waals surface area contributed by atoms with E-state index in [1.165, 1.54) is 0 Å². The molecule has 1 spiro atoms. The third kappa shape index (κ3) is 0.858. The van der Waals surface area contributed by atoms with Gasteiger partial charge in [0.05, 0.1) is 0 Å². The first-order valence-electron chi connectivity index (χ1n) is 4.06. The molecular formula is C8H14FN. The van der Waals surface area contributed by atoms with Crippen molar-refractivity contribution in [2.75, 3.05) is 20.1 Å². The highest BCUT2D eigenvalue weighted by Gasteiger charge is 2.51. The van der Waals surface area contributed by atoms with Crippen LogP contribution in [0.2, 0.25) is 0 Å². The van der Waals surface area contributed by atoms with E-state index in [9.17, 15) is 4.39 Å². The molecule has 58 valence electrons. The number of alkyl halides is 1. The van der Waals surface area contributed by atoms with Gasteiger partial charge in [0, 0.05) is 12.0 Å². The Labute approximate surface area is 61.2 Å². The van der Waals surface area contributed by atoms with Gasteiger partial charge in [0.15, 0.2) is 0 Å². The normalized spacial score (nSPS) is 38.4. The van der Waals surface area contributed by atoms with Crippen LogP contribution in [0.5, 0.6) is 0 Å². The summed E-state index contributed by atoms with van der Waals surface area (Å²) in [5.74, 6) is 0. The van der Waals surface area contributed by atoms with Gasteiger partial charge in [-0.15, -0.1) is 0 Å². The first-order valence-corrected chi connectivity index (χ1v) is 4.06. The van der Waals surface area contributed by atoms with Crippen LogP contribution in [0, 0.1) is 5.41 Å². The minimum Gasteiger partial charge on any atom is -0.303 e. The van der Waals surface area contributed by atoms with E-state index in [0.717, 1.165) is 25.8 Å². The largest absolute Gasteiger partial charge is 0.303 e. The molecule has 10 heavy (non-hydrogen) atoms. The lowest BCUT2D eigenvalue weighted by Gasteiger charge is -2.32. The third-order valence-electron chi connectivity index (χ3n) is 3.02. The van der Waals surface area contributed by atoms with E-state index in [1.54, 1.807) is 0 Å². The number of nitrogens with zero attached hydrogens (tertiary/aromatic N) is 1. The third-order valence-corrected chi connectivity index (χ3v) is 3.02. The molecule has 0 aromatic heterocycles. The highest BCUT2D eigenvalue weighted by atomic mass is 19.1. The van der Waals surface area contributed by atoms with Gasteiger partial charge in [0.25, 0.3) is 0 Å². The number of piperidine rings is 1. The summed E-state index contributed by atoms with van der Waals surface area (Å²) in [7, 11) is 2.00. The van der Waals surface area contributed by atoms with Gasteiger partial charge < -0.3 is 4.90 Å². The van der Waals surface area contributed by atoms with E-state index < -0.39 is 6.17 Å². The van der Waals surface area contributed by atoms with Crippen molar-refractivity contribution in [2.24, 2.45) is 5.41 Å². The van der Waals surface area contributed by atoms with Gasteiger partial charge in [0.2, 0.25) is 0 Å². The van der Waals surface area contributed by atoms with E-state index >= 15 is 0 Å². The predicted octanol–water partition coefficient (Wildman–Crippen LogP) is 1.44. The number of likely N-dealkylation sites (tertiary alicyclic amines) is 1. The highest BCUT2D eigenvalue weighted by molar-refractivity contribution is 5.02. The number of rotatable bonds is 0. The molecule has 2 rings (SSSR count). The lowest BCUT2D eigenvalue weighted by molar-refractivity contribution is 0.0870. The van der Waals surface area contributed by atoms with Crippen molar-refractivity contribution >= 4 is 0 Å². The second-order valence-electron chi connectivity index (χ2n) is 3.84. The Morgan fingerprint density at radius 3 is 2.60 bits per heavy atom. The predicted molar refractivity (Wildman–Crippen MR) is 38.7 cm³/mol. The Morgan fingerprint density at radius 1 is 1.40 bits per heavy atom. The molecule has 0 aromatic carbocycles. The Hall–Kier alpha value is -0.110. The van der Waals surface area contributed by atoms with E-state index in [1.807, 2.05) is 7.05 Å². The Morgan fingerprint density at radius 2 is 2.10 bits per heavy atom. The molecule has 1 nitrogen and oxygen atoms in total. The van der Waals surface area contributed by atoms with E-state index in [0.29, 0.717) is 6.54 Å². The van der Waals surface area contributed by atoms with Crippen LogP contribution in [-0.4, -0.2) is 31.2 Å². The van der Waals surface area contributed by atoms with Gasteiger partial charge in [-0.05, 0) is 32.9 Å². The average molecular weight is 143 g/mol. The minimum absolute atomic E-state index is 0.159. The summed E-state index contributed by atoms with van der Waals surface area (Å²) < 4.78 is 13.2. The minimum atomic E-state index is -0.536. The van der Waals surface area contributed by atoms with Crippen molar-refractivity contribution in [3.8, 4) is 0 Å². The molecule has 1 saturated carbocycles. The summed E-state index contributed by atoms with van der Waals surface area (Å²) in [5.41, 5.74) is 0.159. The number of hydrogen-bond acceptors (Lipinski definition) is 1. The zero-order valence-corrected chi connectivity index (χ0v) is 6.44. The molecule has 1 aliphatic heterocycles. The molecule has 1 heterocycles. The highest BCUT2D eigenvalue weighted by Crippen LogP contribution is 2.54.